The molecule has 1 rings (SSSR count). The monoisotopic (exact) mass is 214 g/mol. The first-order chi connectivity index (χ1) is 7.11. The molecule has 1 N–H and O–H groups in total. The fraction of sp³-hybridized carbons (Fsp3) is 0.800. The minimum atomic E-state index is -0.292. The second kappa shape index (κ2) is 5.70. The molecule has 0 saturated heterocycles. The third kappa shape index (κ3) is 5.37. The second-order valence-electron chi connectivity index (χ2n) is 3.82. The maximum atomic E-state index is 11.3. The Morgan fingerprint density at radius 1 is 1.40 bits per heavy atom. The maximum absolute atomic E-state index is 11.3. The highest BCUT2D eigenvalue weighted by Gasteiger charge is 2.23. The number of ether oxygens (including phenoxy) is 1. The Kier molecular flexibility index (Phi) is 4.55. The van der Waals surface area contributed by atoms with Crippen LogP contribution in [0.2, 0.25) is 0 Å². The van der Waals surface area contributed by atoms with E-state index in [0.717, 1.165) is 12.8 Å². The smallest absolute Gasteiger partial charge is 0.320 e. The van der Waals surface area contributed by atoms with Crippen molar-refractivity contribution in [2.75, 3.05) is 26.7 Å². The molecule has 1 aliphatic carbocycles. The summed E-state index contributed by atoms with van der Waals surface area (Å²) in [6.07, 6.45) is 2.15. The molecule has 0 heterocycles. The van der Waals surface area contributed by atoms with Gasteiger partial charge in [-0.1, -0.05) is 0 Å². The molecule has 1 aliphatic rings. The van der Waals surface area contributed by atoms with Gasteiger partial charge in [0.05, 0.1) is 19.7 Å². The standard InChI is InChI=1S/C10H18N2O3/c1-3-15-10(14)7-12(2)6-9(13)11-8-4-5-8/h8H,3-7H2,1-2H3,(H,11,13). The van der Waals surface area contributed by atoms with Crippen LogP contribution in [0.4, 0.5) is 0 Å². The number of nitrogens with one attached hydrogen (secondary N) is 1. The SMILES string of the molecule is CCOC(=O)CN(C)CC(=O)NC1CC1. The van der Waals surface area contributed by atoms with Crippen molar-refractivity contribution in [2.24, 2.45) is 0 Å². The molecule has 0 radical (unpaired) electrons. The Morgan fingerprint density at radius 2 is 2.07 bits per heavy atom. The molecule has 0 bridgehead atoms. The molecule has 1 saturated carbocycles. The van der Waals surface area contributed by atoms with Crippen molar-refractivity contribution in [3.05, 3.63) is 0 Å². The van der Waals surface area contributed by atoms with Gasteiger partial charge in [0.15, 0.2) is 0 Å². The predicted octanol–water partition coefficient (Wildman–Crippen LogP) is -0.240. The van der Waals surface area contributed by atoms with E-state index in [-0.39, 0.29) is 25.0 Å². The van der Waals surface area contributed by atoms with Crippen LogP contribution in [0, 0.1) is 0 Å². The molecule has 0 atom stereocenters. The first-order valence-corrected chi connectivity index (χ1v) is 5.25. The van der Waals surface area contributed by atoms with Crippen LogP contribution in [0.5, 0.6) is 0 Å². The van der Waals surface area contributed by atoms with Gasteiger partial charge in [-0.15, -0.1) is 0 Å². The molecule has 0 aliphatic heterocycles. The highest BCUT2D eigenvalue weighted by Crippen LogP contribution is 2.18. The minimum Gasteiger partial charge on any atom is -0.465 e. The van der Waals surface area contributed by atoms with Crippen molar-refractivity contribution in [3.63, 3.8) is 0 Å². The van der Waals surface area contributed by atoms with Crippen molar-refractivity contribution < 1.29 is 14.3 Å². The molecule has 0 unspecified atom stereocenters. The summed E-state index contributed by atoms with van der Waals surface area (Å²) in [6.45, 7) is 2.54. The summed E-state index contributed by atoms with van der Waals surface area (Å²) in [5.74, 6) is -0.316. The Morgan fingerprint density at radius 3 is 2.60 bits per heavy atom. The lowest BCUT2D eigenvalue weighted by molar-refractivity contribution is -0.144. The quantitative estimate of drug-likeness (QED) is 0.620. The van der Waals surface area contributed by atoms with Crippen molar-refractivity contribution in [1.29, 1.82) is 0 Å². The Bertz CT molecular complexity index is 239. The number of amides is 1. The van der Waals surface area contributed by atoms with Gasteiger partial charge < -0.3 is 10.1 Å². The van der Waals surface area contributed by atoms with Gasteiger partial charge in [-0.2, -0.15) is 0 Å². The Labute approximate surface area is 89.8 Å². The van der Waals surface area contributed by atoms with E-state index >= 15 is 0 Å². The van der Waals surface area contributed by atoms with E-state index in [1.165, 1.54) is 0 Å². The maximum Gasteiger partial charge on any atom is 0.320 e. The average molecular weight is 214 g/mol. The zero-order valence-electron chi connectivity index (χ0n) is 9.28. The summed E-state index contributed by atoms with van der Waals surface area (Å²) in [4.78, 5) is 24.1. The lowest BCUT2D eigenvalue weighted by Gasteiger charge is -2.14. The van der Waals surface area contributed by atoms with E-state index < -0.39 is 0 Å². The van der Waals surface area contributed by atoms with E-state index in [2.05, 4.69) is 5.32 Å². The molecule has 0 aromatic heterocycles. The van der Waals surface area contributed by atoms with Crippen LogP contribution >= 0.6 is 0 Å². The molecule has 0 spiro atoms. The number of carbonyl (C=O) groups excluding carboxylic acids is 2. The number of hydrogen-bond donors (Lipinski definition) is 1. The van der Waals surface area contributed by atoms with Gasteiger partial charge in [0.25, 0.3) is 0 Å². The van der Waals surface area contributed by atoms with Crippen LogP contribution in [0.15, 0.2) is 0 Å². The number of likely N-dealkylation sites (N-methyl/N-ethyl adjacent to an activating group) is 1. The first kappa shape index (κ1) is 12.0. The van der Waals surface area contributed by atoms with Gasteiger partial charge in [0, 0.05) is 6.04 Å². The van der Waals surface area contributed by atoms with E-state index in [1.54, 1.807) is 18.9 Å². The van der Waals surface area contributed by atoms with Crippen LogP contribution in [-0.2, 0) is 14.3 Å². The van der Waals surface area contributed by atoms with Crippen LogP contribution < -0.4 is 5.32 Å². The first-order valence-electron chi connectivity index (χ1n) is 5.25. The summed E-state index contributed by atoms with van der Waals surface area (Å²) in [6, 6.07) is 0.369. The second-order valence-corrected chi connectivity index (χ2v) is 3.82. The highest BCUT2D eigenvalue weighted by molar-refractivity contribution is 5.79. The van der Waals surface area contributed by atoms with Gasteiger partial charge in [0.1, 0.15) is 0 Å². The molecule has 5 nitrogen and oxygen atoms in total. The average Bonchev–Trinajstić information content (AvgIpc) is 2.87. The van der Waals surface area contributed by atoms with Crippen LogP contribution in [0.25, 0.3) is 0 Å². The lowest BCUT2D eigenvalue weighted by atomic mass is 10.4. The summed E-state index contributed by atoms with van der Waals surface area (Å²) < 4.78 is 4.78. The fourth-order valence-corrected chi connectivity index (χ4v) is 1.23. The number of carbonyl (C=O) groups is 2. The number of nitrogens with zero attached hydrogens (tertiary/aromatic N) is 1. The number of hydrogen-bond acceptors (Lipinski definition) is 4. The molecule has 86 valence electrons. The van der Waals surface area contributed by atoms with Crippen LogP contribution in [0.1, 0.15) is 19.8 Å². The van der Waals surface area contributed by atoms with Gasteiger partial charge in [0.2, 0.25) is 5.91 Å². The Balaban J connectivity index is 2.13. The zero-order chi connectivity index (χ0) is 11.3. The number of esters is 1. The van der Waals surface area contributed by atoms with Crippen molar-refractivity contribution in [3.8, 4) is 0 Å². The molecular formula is C10H18N2O3. The minimum absolute atomic E-state index is 0.0238. The third-order valence-electron chi connectivity index (χ3n) is 2.06. The van der Waals surface area contributed by atoms with Crippen molar-refractivity contribution in [2.45, 2.75) is 25.8 Å². The molecule has 15 heavy (non-hydrogen) atoms. The molecule has 0 aromatic rings. The van der Waals surface area contributed by atoms with E-state index in [9.17, 15) is 9.59 Å². The van der Waals surface area contributed by atoms with Crippen LogP contribution in [0.3, 0.4) is 0 Å². The van der Waals surface area contributed by atoms with E-state index in [0.29, 0.717) is 12.6 Å². The largest absolute Gasteiger partial charge is 0.465 e. The third-order valence-corrected chi connectivity index (χ3v) is 2.06. The fourth-order valence-electron chi connectivity index (χ4n) is 1.23. The summed E-state index contributed by atoms with van der Waals surface area (Å²) in [5, 5.41) is 2.86. The topological polar surface area (TPSA) is 58.6 Å². The molecule has 1 amide bonds. The van der Waals surface area contributed by atoms with Gasteiger partial charge in [-0.25, -0.2) is 0 Å². The highest BCUT2D eigenvalue weighted by atomic mass is 16.5. The van der Waals surface area contributed by atoms with Crippen molar-refractivity contribution >= 4 is 11.9 Å². The summed E-state index contributed by atoms with van der Waals surface area (Å²) in [7, 11) is 1.73. The molecule has 1 fully saturated rings. The predicted molar refractivity (Wildman–Crippen MR) is 55.3 cm³/mol. The Hall–Kier alpha value is -1.10. The number of rotatable bonds is 6. The van der Waals surface area contributed by atoms with Crippen LogP contribution in [-0.4, -0.2) is 49.6 Å². The summed E-state index contributed by atoms with van der Waals surface area (Å²) >= 11 is 0. The lowest BCUT2D eigenvalue weighted by Crippen LogP contribution is -2.38. The van der Waals surface area contributed by atoms with Gasteiger partial charge in [-0.3, -0.25) is 14.5 Å². The molecular weight excluding hydrogens is 196 g/mol. The van der Waals surface area contributed by atoms with E-state index in [1.807, 2.05) is 0 Å². The zero-order valence-corrected chi connectivity index (χ0v) is 9.28. The van der Waals surface area contributed by atoms with E-state index in [4.69, 9.17) is 4.74 Å². The molecule has 5 heteroatoms. The van der Waals surface area contributed by atoms with Crippen molar-refractivity contribution in [1.82, 2.24) is 10.2 Å². The molecule has 0 aromatic carbocycles. The normalized spacial score (nSPS) is 15.1. The summed E-state index contributed by atoms with van der Waals surface area (Å²) in [5.41, 5.74) is 0. The van der Waals surface area contributed by atoms with Gasteiger partial charge >= 0.3 is 5.97 Å². The van der Waals surface area contributed by atoms with Gasteiger partial charge in [-0.05, 0) is 26.8 Å².